The highest BCUT2D eigenvalue weighted by Gasteiger charge is 2.09. The molecule has 4 N–H and O–H groups in total. The van der Waals surface area contributed by atoms with E-state index in [-0.39, 0.29) is 6.04 Å². The number of amides is 1. The summed E-state index contributed by atoms with van der Waals surface area (Å²) in [6.07, 6.45) is -0.402. The molecule has 0 saturated carbocycles. The Morgan fingerprint density at radius 3 is 2.53 bits per heavy atom. The van der Waals surface area contributed by atoms with Gasteiger partial charge in [0.2, 0.25) is 0 Å². The molecule has 0 radical (unpaired) electrons. The summed E-state index contributed by atoms with van der Waals surface area (Å²) in [4.78, 5) is 10.4. The van der Waals surface area contributed by atoms with E-state index in [0.717, 1.165) is 5.56 Å². The van der Waals surface area contributed by atoms with Crippen LogP contribution in [0.4, 0.5) is 4.79 Å². The molecule has 0 aliphatic heterocycles. The second-order valence-corrected chi connectivity index (χ2v) is 3.57. The van der Waals surface area contributed by atoms with Gasteiger partial charge >= 0.3 is 6.09 Å². The van der Waals surface area contributed by atoms with Crippen LogP contribution in [0.1, 0.15) is 11.1 Å². The average Bonchev–Trinajstić information content (AvgIpc) is 2.19. The van der Waals surface area contributed by atoms with Crippen LogP contribution in [0.3, 0.4) is 0 Å². The molecule has 1 aromatic carbocycles. The van der Waals surface area contributed by atoms with Crippen LogP contribution in [0.2, 0.25) is 0 Å². The zero-order valence-electron chi connectivity index (χ0n) is 8.73. The average molecular weight is 208 g/mol. The van der Waals surface area contributed by atoms with E-state index in [1.165, 1.54) is 5.56 Å². The third-order valence-electron chi connectivity index (χ3n) is 2.21. The van der Waals surface area contributed by atoms with Gasteiger partial charge in [0.1, 0.15) is 0 Å². The smallest absolute Gasteiger partial charge is 0.404 e. The zero-order chi connectivity index (χ0) is 11.3. The molecule has 4 nitrogen and oxygen atoms in total. The van der Waals surface area contributed by atoms with Crippen LogP contribution in [0.5, 0.6) is 0 Å². The van der Waals surface area contributed by atoms with Gasteiger partial charge in [-0.15, -0.1) is 0 Å². The number of rotatable bonds is 4. The molecule has 0 spiro atoms. The van der Waals surface area contributed by atoms with Gasteiger partial charge in [-0.1, -0.05) is 29.8 Å². The van der Waals surface area contributed by atoms with Gasteiger partial charge in [0.05, 0.1) is 0 Å². The Morgan fingerprint density at radius 1 is 1.47 bits per heavy atom. The van der Waals surface area contributed by atoms with E-state index in [1.54, 1.807) is 0 Å². The normalized spacial score (nSPS) is 12.1. The maximum absolute atomic E-state index is 10.4. The highest BCUT2D eigenvalue weighted by atomic mass is 16.4. The van der Waals surface area contributed by atoms with Crippen molar-refractivity contribution in [3.05, 3.63) is 35.4 Å². The number of nitrogens with one attached hydrogen (secondary N) is 1. The predicted molar refractivity (Wildman–Crippen MR) is 58.9 cm³/mol. The van der Waals surface area contributed by atoms with Crippen LogP contribution >= 0.6 is 0 Å². The standard InChI is InChI=1S/C11H16N2O2/c1-8-2-4-9(5-3-8)6-10(7-12)13-11(14)15/h2-5,10,13H,6-7,12H2,1H3,(H,14,15)/t10-/m0/s1. The minimum atomic E-state index is -1.03. The molecule has 0 unspecified atom stereocenters. The highest BCUT2D eigenvalue weighted by Crippen LogP contribution is 2.05. The molecule has 1 aromatic rings. The van der Waals surface area contributed by atoms with Gasteiger partial charge in [0.25, 0.3) is 0 Å². The lowest BCUT2D eigenvalue weighted by molar-refractivity contribution is 0.190. The molecule has 0 bridgehead atoms. The van der Waals surface area contributed by atoms with Gasteiger partial charge in [-0.25, -0.2) is 4.79 Å². The van der Waals surface area contributed by atoms with Gasteiger partial charge in [0.15, 0.2) is 0 Å². The van der Waals surface area contributed by atoms with E-state index < -0.39 is 6.09 Å². The molecule has 0 heterocycles. The fourth-order valence-electron chi connectivity index (χ4n) is 1.38. The van der Waals surface area contributed by atoms with Crippen LogP contribution in [0, 0.1) is 6.92 Å². The van der Waals surface area contributed by atoms with Crippen LogP contribution in [0.15, 0.2) is 24.3 Å². The maximum atomic E-state index is 10.4. The Hall–Kier alpha value is -1.55. The molecular formula is C11H16N2O2. The minimum absolute atomic E-state index is 0.217. The van der Waals surface area contributed by atoms with Crippen LogP contribution in [0.25, 0.3) is 0 Å². The predicted octanol–water partition coefficient (Wildman–Crippen LogP) is 1.13. The molecular weight excluding hydrogens is 192 g/mol. The Morgan fingerprint density at radius 2 is 2.07 bits per heavy atom. The number of carboxylic acid groups (broad SMARTS) is 1. The van der Waals surface area contributed by atoms with E-state index in [1.807, 2.05) is 31.2 Å². The van der Waals surface area contributed by atoms with Crippen molar-refractivity contribution in [2.45, 2.75) is 19.4 Å². The maximum Gasteiger partial charge on any atom is 0.404 e. The summed E-state index contributed by atoms with van der Waals surface area (Å²) in [5.74, 6) is 0. The molecule has 0 aliphatic rings. The molecule has 0 aliphatic carbocycles. The van der Waals surface area contributed by atoms with Gasteiger partial charge in [-0.2, -0.15) is 0 Å². The fraction of sp³-hybridized carbons (Fsp3) is 0.364. The first-order valence-corrected chi connectivity index (χ1v) is 4.87. The lowest BCUT2D eigenvalue weighted by Gasteiger charge is -2.14. The minimum Gasteiger partial charge on any atom is -0.465 e. The third-order valence-corrected chi connectivity index (χ3v) is 2.21. The van der Waals surface area contributed by atoms with Crippen molar-refractivity contribution >= 4 is 6.09 Å². The van der Waals surface area contributed by atoms with Gasteiger partial charge in [-0.05, 0) is 18.9 Å². The summed E-state index contributed by atoms with van der Waals surface area (Å²) in [6.45, 7) is 2.32. The Balaban J connectivity index is 2.58. The second kappa shape index (κ2) is 5.36. The number of hydrogen-bond acceptors (Lipinski definition) is 2. The van der Waals surface area contributed by atoms with Crippen LogP contribution < -0.4 is 11.1 Å². The number of benzene rings is 1. The fourth-order valence-corrected chi connectivity index (χ4v) is 1.38. The number of carbonyl (C=O) groups is 1. The molecule has 0 saturated heterocycles. The lowest BCUT2D eigenvalue weighted by atomic mass is 10.0. The van der Waals surface area contributed by atoms with E-state index in [2.05, 4.69) is 5.32 Å². The van der Waals surface area contributed by atoms with Crippen molar-refractivity contribution in [2.75, 3.05) is 6.54 Å². The first kappa shape index (κ1) is 11.5. The van der Waals surface area contributed by atoms with Gasteiger partial charge in [0, 0.05) is 12.6 Å². The monoisotopic (exact) mass is 208 g/mol. The van der Waals surface area contributed by atoms with Crippen molar-refractivity contribution < 1.29 is 9.90 Å². The van der Waals surface area contributed by atoms with Crippen molar-refractivity contribution in [3.8, 4) is 0 Å². The molecule has 0 aromatic heterocycles. The Labute approximate surface area is 89.1 Å². The molecule has 82 valence electrons. The van der Waals surface area contributed by atoms with Crippen molar-refractivity contribution in [1.29, 1.82) is 0 Å². The van der Waals surface area contributed by atoms with Gasteiger partial charge in [-0.3, -0.25) is 0 Å². The van der Waals surface area contributed by atoms with E-state index in [9.17, 15) is 4.79 Å². The Bertz CT molecular complexity index is 322. The summed E-state index contributed by atoms with van der Waals surface area (Å²) in [5.41, 5.74) is 7.75. The number of hydrogen-bond donors (Lipinski definition) is 3. The molecule has 4 heteroatoms. The molecule has 1 amide bonds. The molecule has 0 fully saturated rings. The summed E-state index contributed by atoms with van der Waals surface area (Å²) in [5, 5.41) is 11.0. The third kappa shape index (κ3) is 3.99. The van der Waals surface area contributed by atoms with E-state index in [4.69, 9.17) is 10.8 Å². The van der Waals surface area contributed by atoms with Crippen molar-refractivity contribution in [1.82, 2.24) is 5.32 Å². The molecule has 1 atom stereocenters. The zero-order valence-corrected chi connectivity index (χ0v) is 8.73. The first-order chi connectivity index (χ1) is 7.11. The topological polar surface area (TPSA) is 75.3 Å². The quantitative estimate of drug-likeness (QED) is 0.694. The van der Waals surface area contributed by atoms with Crippen LogP contribution in [-0.4, -0.2) is 23.8 Å². The highest BCUT2D eigenvalue weighted by molar-refractivity contribution is 5.64. The van der Waals surface area contributed by atoms with Crippen molar-refractivity contribution in [3.63, 3.8) is 0 Å². The van der Waals surface area contributed by atoms with Gasteiger partial charge < -0.3 is 16.2 Å². The van der Waals surface area contributed by atoms with E-state index >= 15 is 0 Å². The second-order valence-electron chi connectivity index (χ2n) is 3.57. The number of aryl methyl sites for hydroxylation is 1. The SMILES string of the molecule is Cc1ccc(C[C@@H](CN)NC(=O)O)cc1. The van der Waals surface area contributed by atoms with E-state index in [0.29, 0.717) is 13.0 Å². The largest absolute Gasteiger partial charge is 0.465 e. The summed E-state index contributed by atoms with van der Waals surface area (Å²) < 4.78 is 0. The van der Waals surface area contributed by atoms with Crippen molar-refractivity contribution in [2.24, 2.45) is 5.73 Å². The Kier molecular flexibility index (Phi) is 4.12. The first-order valence-electron chi connectivity index (χ1n) is 4.87. The summed E-state index contributed by atoms with van der Waals surface area (Å²) >= 11 is 0. The lowest BCUT2D eigenvalue weighted by Crippen LogP contribution is -2.40. The summed E-state index contributed by atoms with van der Waals surface area (Å²) in [7, 11) is 0. The van der Waals surface area contributed by atoms with Crippen LogP contribution in [-0.2, 0) is 6.42 Å². The molecule has 1 rings (SSSR count). The summed E-state index contributed by atoms with van der Waals surface area (Å²) in [6, 6.07) is 7.77. The molecule has 15 heavy (non-hydrogen) atoms. The number of nitrogens with two attached hydrogens (primary N) is 1.